The second kappa shape index (κ2) is 9.43. The lowest BCUT2D eigenvalue weighted by Crippen LogP contribution is -2.42. The maximum atomic E-state index is 12.8. The van der Waals surface area contributed by atoms with Crippen LogP contribution in [0.3, 0.4) is 0 Å². The van der Waals surface area contributed by atoms with E-state index in [9.17, 15) is 14.4 Å². The van der Waals surface area contributed by atoms with E-state index < -0.39 is 23.5 Å². The second-order valence-corrected chi connectivity index (χ2v) is 8.44. The number of hydrogen-bond acceptors (Lipinski definition) is 7. The van der Waals surface area contributed by atoms with Crippen LogP contribution in [0.5, 0.6) is 0 Å². The highest BCUT2D eigenvalue weighted by Gasteiger charge is 2.24. The van der Waals surface area contributed by atoms with E-state index in [0.717, 1.165) is 24.6 Å². The molecule has 1 aliphatic carbocycles. The molecule has 0 spiro atoms. The highest BCUT2D eigenvalue weighted by Crippen LogP contribution is 2.28. The number of carbonyl (C=O) groups is 2. The van der Waals surface area contributed by atoms with Crippen molar-refractivity contribution < 1.29 is 23.2 Å². The molecule has 0 saturated carbocycles. The molecule has 0 fully saturated rings. The van der Waals surface area contributed by atoms with Gasteiger partial charge in [-0.1, -0.05) is 0 Å². The second-order valence-electron chi connectivity index (χ2n) is 7.45. The molecule has 8 heteroatoms. The van der Waals surface area contributed by atoms with Crippen molar-refractivity contribution in [1.29, 1.82) is 0 Å². The van der Waals surface area contributed by atoms with Crippen LogP contribution in [0, 0.1) is 0 Å². The Bertz CT molecular complexity index is 1150. The molecule has 3 aromatic rings. The summed E-state index contributed by atoms with van der Waals surface area (Å²) in [7, 11) is 0. The maximum absolute atomic E-state index is 12.8. The summed E-state index contributed by atoms with van der Waals surface area (Å²) in [4.78, 5) is 37.1. The van der Waals surface area contributed by atoms with Crippen molar-refractivity contribution in [1.82, 2.24) is 5.32 Å². The van der Waals surface area contributed by atoms with Gasteiger partial charge in [0.05, 0.1) is 6.26 Å². The summed E-state index contributed by atoms with van der Waals surface area (Å²) in [6, 6.07) is 7.60. The maximum Gasteiger partial charge on any atom is 0.336 e. The lowest BCUT2D eigenvalue weighted by Gasteiger charge is -2.17. The Morgan fingerprint density at radius 2 is 2.03 bits per heavy atom. The molecule has 1 atom stereocenters. The summed E-state index contributed by atoms with van der Waals surface area (Å²) in [5, 5.41) is 3.44. The van der Waals surface area contributed by atoms with Crippen LogP contribution in [0.2, 0.25) is 0 Å². The highest BCUT2D eigenvalue weighted by atomic mass is 32.2. The van der Waals surface area contributed by atoms with E-state index in [1.54, 1.807) is 17.8 Å². The SMILES string of the molecule is CSCC[C@@H](NC(=O)c1ccco1)C(=O)OCc1cc(=O)oc2cc3c(cc12)CCC3. The minimum Gasteiger partial charge on any atom is -0.459 e. The average molecular weight is 442 g/mol. The van der Waals surface area contributed by atoms with Crippen LogP contribution >= 0.6 is 11.8 Å². The number of amides is 1. The zero-order valence-electron chi connectivity index (χ0n) is 17.1. The van der Waals surface area contributed by atoms with Crippen LogP contribution in [0.25, 0.3) is 11.0 Å². The quantitative estimate of drug-likeness (QED) is 0.422. The largest absolute Gasteiger partial charge is 0.459 e. The minimum atomic E-state index is -0.819. The van der Waals surface area contributed by atoms with Gasteiger partial charge in [-0.3, -0.25) is 4.79 Å². The van der Waals surface area contributed by atoms with Crippen molar-refractivity contribution in [3.05, 3.63) is 69.5 Å². The van der Waals surface area contributed by atoms with Crippen molar-refractivity contribution in [2.75, 3.05) is 12.0 Å². The van der Waals surface area contributed by atoms with E-state index in [-0.39, 0.29) is 12.4 Å². The number of hydrogen-bond donors (Lipinski definition) is 1. The summed E-state index contributed by atoms with van der Waals surface area (Å²) >= 11 is 1.57. The smallest absolute Gasteiger partial charge is 0.336 e. The molecule has 0 radical (unpaired) electrons. The molecular weight excluding hydrogens is 418 g/mol. The monoisotopic (exact) mass is 441 g/mol. The number of benzene rings is 1. The number of carbonyl (C=O) groups excluding carboxylic acids is 2. The topological polar surface area (TPSA) is 98.8 Å². The molecule has 31 heavy (non-hydrogen) atoms. The molecular formula is C23H23NO6S. The van der Waals surface area contributed by atoms with Crippen LogP contribution in [0.15, 0.2) is 50.2 Å². The number of rotatable bonds is 8. The Labute approximate surface area is 183 Å². The average Bonchev–Trinajstić information content (AvgIpc) is 3.44. The van der Waals surface area contributed by atoms with Gasteiger partial charge in [0, 0.05) is 17.0 Å². The molecule has 1 aromatic carbocycles. The molecule has 4 rings (SSSR count). The van der Waals surface area contributed by atoms with E-state index in [0.29, 0.717) is 23.3 Å². The Morgan fingerprint density at radius 1 is 1.23 bits per heavy atom. The van der Waals surface area contributed by atoms with Crippen LogP contribution in [0.4, 0.5) is 0 Å². The van der Waals surface area contributed by atoms with Gasteiger partial charge in [-0.15, -0.1) is 0 Å². The van der Waals surface area contributed by atoms with Crippen molar-refractivity contribution in [2.24, 2.45) is 0 Å². The Balaban J connectivity index is 1.51. The predicted molar refractivity (Wildman–Crippen MR) is 117 cm³/mol. The lowest BCUT2D eigenvalue weighted by molar-refractivity contribution is -0.147. The molecule has 1 N–H and O–H groups in total. The summed E-state index contributed by atoms with van der Waals surface area (Å²) in [6.07, 6.45) is 6.77. The first-order valence-corrected chi connectivity index (χ1v) is 11.5. The Morgan fingerprint density at radius 3 is 2.77 bits per heavy atom. The molecule has 1 amide bonds. The first-order valence-electron chi connectivity index (χ1n) is 10.1. The first kappa shape index (κ1) is 21.2. The fraction of sp³-hybridized carbons (Fsp3) is 0.348. The van der Waals surface area contributed by atoms with E-state index >= 15 is 0 Å². The fourth-order valence-corrected chi connectivity index (χ4v) is 4.26. The van der Waals surface area contributed by atoms with E-state index in [4.69, 9.17) is 13.6 Å². The van der Waals surface area contributed by atoms with E-state index in [1.807, 2.05) is 18.4 Å². The third-order valence-electron chi connectivity index (χ3n) is 5.36. The Hall–Kier alpha value is -3.00. The van der Waals surface area contributed by atoms with Crippen molar-refractivity contribution in [2.45, 2.75) is 38.3 Å². The van der Waals surface area contributed by atoms with Crippen molar-refractivity contribution in [3.8, 4) is 0 Å². The van der Waals surface area contributed by atoms with Gasteiger partial charge < -0.3 is 18.9 Å². The van der Waals surface area contributed by atoms with Gasteiger partial charge in [-0.25, -0.2) is 9.59 Å². The number of thioether (sulfide) groups is 1. The molecule has 0 unspecified atom stereocenters. The third-order valence-corrected chi connectivity index (χ3v) is 6.00. The van der Waals surface area contributed by atoms with Gasteiger partial charge in [0.15, 0.2) is 5.76 Å². The van der Waals surface area contributed by atoms with Gasteiger partial charge in [-0.05, 0) is 73.1 Å². The molecule has 0 aliphatic heterocycles. The van der Waals surface area contributed by atoms with Crippen molar-refractivity contribution >= 4 is 34.6 Å². The predicted octanol–water partition coefficient (Wildman–Crippen LogP) is 3.47. The number of ether oxygens (including phenoxy) is 1. The van der Waals surface area contributed by atoms with Crippen LogP contribution in [0.1, 0.15) is 40.1 Å². The normalized spacial score (nSPS) is 13.7. The van der Waals surface area contributed by atoms with E-state index in [2.05, 4.69) is 5.32 Å². The number of fused-ring (bicyclic) bond motifs is 2. The lowest BCUT2D eigenvalue weighted by atomic mass is 10.0. The fourth-order valence-electron chi connectivity index (χ4n) is 3.79. The van der Waals surface area contributed by atoms with Crippen LogP contribution in [-0.4, -0.2) is 29.9 Å². The summed E-state index contributed by atoms with van der Waals surface area (Å²) < 4.78 is 16.0. The van der Waals surface area contributed by atoms with Crippen molar-refractivity contribution in [3.63, 3.8) is 0 Å². The van der Waals surface area contributed by atoms with Gasteiger partial charge in [-0.2, -0.15) is 11.8 Å². The molecule has 1 aliphatic rings. The minimum absolute atomic E-state index is 0.0773. The summed E-state index contributed by atoms with van der Waals surface area (Å²) in [6.45, 7) is -0.0773. The zero-order chi connectivity index (χ0) is 21.8. The zero-order valence-corrected chi connectivity index (χ0v) is 18.0. The molecule has 2 heterocycles. The molecule has 162 valence electrons. The number of aryl methyl sites for hydroxylation is 2. The number of esters is 1. The molecule has 7 nitrogen and oxygen atoms in total. The van der Waals surface area contributed by atoms with Gasteiger partial charge in [0.1, 0.15) is 18.2 Å². The summed E-state index contributed by atoms with van der Waals surface area (Å²) in [5.74, 6) is -0.240. The number of nitrogens with one attached hydrogen (secondary N) is 1. The van der Waals surface area contributed by atoms with Gasteiger partial charge in [0.2, 0.25) is 0 Å². The standard InChI is InChI=1S/C23H23NO6S/c1-31-9-7-18(24-22(26)19-6-3-8-28-19)23(27)29-13-16-12-21(25)30-20-11-15-5-2-4-14(15)10-17(16)20/h3,6,8,10-12,18H,2,4-5,7,9,13H2,1H3,(H,24,26)/t18-/m1/s1. The van der Waals surface area contributed by atoms with Crippen LogP contribution in [-0.2, 0) is 29.0 Å². The third kappa shape index (κ3) is 4.85. The highest BCUT2D eigenvalue weighted by molar-refractivity contribution is 7.98. The van der Waals surface area contributed by atoms with Crippen LogP contribution < -0.4 is 10.9 Å². The molecule has 2 aromatic heterocycles. The number of furan rings is 1. The first-order chi connectivity index (χ1) is 15.0. The van der Waals surface area contributed by atoms with E-state index in [1.165, 1.54) is 29.5 Å². The Kier molecular flexibility index (Phi) is 6.46. The molecule has 0 bridgehead atoms. The van der Waals surface area contributed by atoms with Gasteiger partial charge >= 0.3 is 11.6 Å². The van der Waals surface area contributed by atoms with Gasteiger partial charge in [0.25, 0.3) is 5.91 Å². The summed E-state index contributed by atoms with van der Waals surface area (Å²) in [5.41, 5.74) is 3.04. The molecule has 0 saturated heterocycles.